The van der Waals surface area contributed by atoms with Crippen molar-refractivity contribution in [3.63, 3.8) is 0 Å². The van der Waals surface area contributed by atoms with Crippen LogP contribution in [0.2, 0.25) is 0 Å². The number of benzene rings is 2. The lowest BCUT2D eigenvalue weighted by atomic mass is 10.1. The highest BCUT2D eigenvalue weighted by atomic mass is 79.9. The molecule has 1 N–H and O–H groups in total. The molecule has 0 radical (unpaired) electrons. The Labute approximate surface area is 148 Å². The first-order valence-corrected chi connectivity index (χ1v) is 9.01. The summed E-state index contributed by atoms with van der Waals surface area (Å²) >= 11 is 4.99. The van der Waals surface area contributed by atoms with Crippen molar-refractivity contribution in [3.05, 3.63) is 70.0 Å². The molecule has 1 aromatic heterocycles. The van der Waals surface area contributed by atoms with Gasteiger partial charge in [0.2, 0.25) is 5.13 Å². The Kier molecular flexibility index (Phi) is 5.56. The summed E-state index contributed by atoms with van der Waals surface area (Å²) in [5.74, 6) is 0. The Balaban J connectivity index is 1.51. The highest BCUT2D eigenvalue weighted by Crippen LogP contribution is 2.25. The summed E-state index contributed by atoms with van der Waals surface area (Å²) in [5.41, 5.74) is 6.39. The summed E-state index contributed by atoms with van der Waals surface area (Å²) in [6.45, 7) is 0. The van der Waals surface area contributed by atoms with Crippen LogP contribution < -0.4 is 5.43 Å². The number of nitrogens with zero attached hydrogens (tertiary/aromatic N) is 2. The number of anilines is 1. The largest absolute Gasteiger partial charge is 0.253 e. The topological polar surface area (TPSA) is 37.3 Å². The molecule has 0 unspecified atom stereocenters. The lowest BCUT2D eigenvalue weighted by molar-refractivity contribution is 1.05. The molecule has 116 valence electrons. The smallest absolute Gasteiger partial charge is 0.203 e. The van der Waals surface area contributed by atoms with E-state index >= 15 is 0 Å². The Hall–Kier alpha value is -1.98. The molecular weight excluding hydrogens is 370 g/mol. The first-order chi connectivity index (χ1) is 11.3. The number of hydrazone groups is 1. The number of aromatic nitrogens is 1. The molecule has 23 heavy (non-hydrogen) atoms. The number of thiazole rings is 1. The molecule has 0 aliphatic carbocycles. The fourth-order valence-electron chi connectivity index (χ4n) is 2.12. The predicted molar refractivity (Wildman–Crippen MR) is 102 cm³/mol. The van der Waals surface area contributed by atoms with Crippen molar-refractivity contribution in [3.8, 4) is 11.3 Å². The Morgan fingerprint density at radius 1 is 1.09 bits per heavy atom. The monoisotopic (exact) mass is 385 g/mol. The van der Waals surface area contributed by atoms with E-state index in [4.69, 9.17) is 0 Å². The van der Waals surface area contributed by atoms with Gasteiger partial charge in [-0.2, -0.15) is 5.10 Å². The second kappa shape index (κ2) is 8.04. The van der Waals surface area contributed by atoms with E-state index in [0.717, 1.165) is 33.7 Å². The van der Waals surface area contributed by atoms with Crippen LogP contribution in [-0.2, 0) is 6.42 Å². The zero-order chi connectivity index (χ0) is 15.9. The summed E-state index contributed by atoms with van der Waals surface area (Å²) in [6.07, 6.45) is 3.80. The van der Waals surface area contributed by atoms with Crippen LogP contribution in [0, 0.1) is 0 Å². The van der Waals surface area contributed by atoms with Crippen LogP contribution in [0.3, 0.4) is 0 Å². The molecule has 1 heterocycles. The standard InChI is InChI=1S/C18H16BrN3S/c19-16-10-8-15(9-11-16)17-13-23-18(21-17)22-20-12-4-7-14-5-2-1-3-6-14/h1-3,5-6,8-13H,4,7H2,(H,21,22)/b20-12-. The molecule has 3 rings (SSSR count). The van der Waals surface area contributed by atoms with Gasteiger partial charge in [-0.05, 0) is 30.5 Å². The van der Waals surface area contributed by atoms with Crippen LogP contribution in [-0.4, -0.2) is 11.2 Å². The number of hydrogen-bond acceptors (Lipinski definition) is 4. The van der Waals surface area contributed by atoms with Gasteiger partial charge in [0.05, 0.1) is 5.69 Å². The summed E-state index contributed by atoms with van der Waals surface area (Å²) < 4.78 is 1.07. The maximum Gasteiger partial charge on any atom is 0.203 e. The fraction of sp³-hybridized carbons (Fsp3) is 0.111. The zero-order valence-corrected chi connectivity index (χ0v) is 14.8. The van der Waals surface area contributed by atoms with Crippen LogP contribution >= 0.6 is 27.3 Å². The van der Waals surface area contributed by atoms with Gasteiger partial charge in [-0.3, -0.25) is 5.43 Å². The molecule has 0 aliphatic rings. The Morgan fingerprint density at radius 2 is 1.87 bits per heavy atom. The van der Waals surface area contributed by atoms with Crippen molar-refractivity contribution in [1.82, 2.24) is 4.98 Å². The molecule has 0 atom stereocenters. The number of rotatable bonds is 6. The highest BCUT2D eigenvalue weighted by Gasteiger charge is 2.03. The third-order valence-electron chi connectivity index (χ3n) is 3.30. The van der Waals surface area contributed by atoms with Crippen molar-refractivity contribution in [2.75, 3.05) is 5.43 Å². The summed E-state index contributed by atoms with van der Waals surface area (Å²) in [6, 6.07) is 18.5. The van der Waals surface area contributed by atoms with Crippen LogP contribution in [0.15, 0.2) is 69.6 Å². The lowest BCUT2D eigenvalue weighted by Gasteiger charge is -1.97. The summed E-state index contributed by atoms with van der Waals surface area (Å²) in [7, 11) is 0. The Morgan fingerprint density at radius 3 is 2.65 bits per heavy atom. The summed E-state index contributed by atoms with van der Waals surface area (Å²) in [4.78, 5) is 4.54. The molecule has 0 amide bonds. The van der Waals surface area contributed by atoms with Crippen LogP contribution in [0.4, 0.5) is 5.13 Å². The van der Waals surface area contributed by atoms with E-state index in [-0.39, 0.29) is 0 Å². The number of halogens is 1. The van der Waals surface area contributed by atoms with E-state index in [2.05, 4.69) is 55.7 Å². The van der Waals surface area contributed by atoms with Gasteiger partial charge in [0, 0.05) is 21.6 Å². The first kappa shape index (κ1) is 15.9. The van der Waals surface area contributed by atoms with Crippen molar-refractivity contribution in [2.45, 2.75) is 12.8 Å². The quantitative estimate of drug-likeness (QED) is 0.442. The van der Waals surface area contributed by atoms with Gasteiger partial charge in [0.1, 0.15) is 0 Å². The third-order valence-corrected chi connectivity index (χ3v) is 4.58. The second-order valence-corrected chi connectivity index (χ2v) is 6.77. The van der Waals surface area contributed by atoms with Crippen molar-refractivity contribution in [2.24, 2.45) is 5.10 Å². The van der Waals surface area contributed by atoms with Crippen LogP contribution in [0.25, 0.3) is 11.3 Å². The highest BCUT2D eigenvalue weighted by molar-refractivity contribution is 9.10. The van der Waals surface area contributed by atoms with E-state index in [1.54, 1.807) is 11.3 Å². The minimum absolute atomic E-state index is 0.805. The third kappa shape index (κ3) is 4.74. The van der Waals surface area contributed by atoms with Crippen molar-refractivity contribution < 1.29 is 0 Å². The van der Waals surface area contributed by atoms with E-state index in [0.29, 0.717) is 0 Å². The number of aryl methyl sites for hydroxylation is 1. The van der Waals surface area contributed by atoms with Crippen LogP contribution in [0.1, 0.15) is 12.0 Å². The molecule has 0 bridgehead atoms. The molecule has 0 fully saturated rings. The lowest BCUT2D eigenvalue weighted by Crippen LogP contribution is -1.91. The van der Waals surface area contributed by atoms with E-state index in [9.17, 15) is 0 Å². The molecule has 0 spiro atoms. The average Bonchev–Trinajstić information content (AvgIpc) is 3.05. The molecule has 5 heteroatoms. The number of nitrogens with one attached hydrogen (secondary N) is 1. The van der Waals surface area contributed by atoms with Crippen molar-refractivity contribution in [1.29, 1.82) is 0 Å². The van der Waals surface area contributed by atoms with E-state index < -0.39 is 0 Å². The van der Waals surface area contributed by atoms with E-state index in [1.165, 1.54) is 5.56 Å². The minimum atomic E-state index is 0.805. The minimum Gasteiger partial charge on any atom is -0.253 e. The van der Waals surface area contributed by atoms with Crippen LogP contribution in [0.5, 0.6) is 0 Å². The molecule has 3 nitrogen and oxygen atoms in total. The molecule has 3 aromatic rings. The van der Waals surface area contributed by atoms with Crippen molar-refractivity contribution >= 4 is 38.6 Å². The van der Waals surface area contributed by atoms with Gasteiger partial charge in [0.25, 0.3) is 0 Å². The first-order valence-electron chi connectivity index (χ1n) is 7.34. The van der Waals surface area contributed by atoms with Gasteiger partial charge < -0.3 is 0 Å². The second-order valence-electron chi connectivity index (χ2n) is 4.99. The maximum absolute atomic E-state index is 4.54. The van der Waals surface area contributed by atoms with Gasteiger partial charge in [0.15, 0.2) is 0 Å². The molecule has 0 saturated heterocycles. The summed E-state index contributed by atoms with van der Waals surface area (Å²) in [5, 5.41) is 7.08. The molecule has 0 aliphatic heterocycles. The zero-order valence-electron chi connectivity index (χ0n) is 12.4. The molecule has 2 aromatic carbocycles. The maximum atomic E-state index is 4.54. The SMILES string of the molecule is Brc1ccc(-c2csc(N/N=C\CCc3ccccc3)n2)cc1. The average molecular weight is 386 g/mol. The van der Waals surface area contributed by atoms with Gasteiger partial charge >= 0.3 is 0 Å². The van der Waals surface area contributed by atoms with Gasteiger partial charge in [-0.15, -0.1) is 11.3 Å². The fourth-order valence-corrected chi connectivity index (χ4v) is 3.05. The molecular formula is C18H16BrN3S. The van der Waals surface area contributed by atoms with E-state index in [1.807, 2.05) is 41.9 Å². The molecule has 0 saturated carbocycles. The van der Waals surface area contributed by atoms with Gasteiger partial charge in [-0.1, -0.05) is 58.4 Å². The normalized spacial score (nSPS) is 11.0. The Bertz CT molecular complexity index is 766. The van der Waals surface area contributed by atoms with Gasteiger partial charge in [-0.25, -0.2) is 4.98 Å². The number of hydrogen-bond donors (Lipinski definition) is 1. The predicted octanol–water partition coefficient (Wildman–Crippen LogP) is 5.60.